The molecule has 3 heteroatoms. The van der Waals surface area contributed by atoms with E-state index in [0.29, 0.717) is 5.82 Å². The highest BCUT2D eigenvalue weighted by atomic mass is 14.8. The molecule has 0 fully saturated rings. The molecule has 72 valence electrons. The molecule has 13 heavy (non-hydrogen) atoms. The predicted octanol–water partition coefficient (Wildman–Crippen LogP) is 1.71. The third kappa shape index (κ3) is 2.18. The van der Waals surface area contributed by atoms with E-state index in [1.54, 1.807) is 6.20 Å². The lowest BCUT2D eigenvalue weighted by Gasteiger charge is -2.27. The summed E-state index contributed by atoms with van der Waals surface area (Å²) in [6.07, 6.45) is 1.67. The fourth-order valence-electron chi connectivity index (χ4n) is 1.16. The lowest BCUT2D eigenvalue weighted by molar-refractivity contribution is 0.327. The minimum atomic E-state index is -0.0683. The van der Waals surface area contributed by atoms with Gasteiger partial charge in [0.05, 0.1) is 0 Å². The van der Waals surface area contributed by atoms with E-state index in [1.165, 1.54) is 0 Å². The van der Waals surface area contributed by atoms with Gasteiger partial charge in [0.2, 0.25) is 0 Å². The first kappa shape index (κ1) is 9.99. The van der Waals surface area contributed by atoms with Gasteiger partial charge in [0.1, 0.15) is 5.82 Å². The molecule has 1 rings (SSSR count). The van der Waals surface area contributed by atoms with E-state index in [0.717, 1.165) is 5.56 Å². The largest absolute Gasteiger partial charge is 0.383 e. The lowest BCUT2D eigenvalue weighted by atomic mass is 9.83. The third-order valence-corrected chi connectivity index (χ3v) is 2.14. The van der Waals surface area contributed by atoms with Crippen LogP contribution >= 0.6 is 0 Å². The van der Waals surface area contributed by atoms with Gasteiger partial charge in [-0.1, -0.05) is 26.8 Å². The van der Waals surface area contributed by atoms with Crippen LogP contribution in [0.15, 0.2) is 18.3 Å². The molecule has 1 heterocycles. The van der Waals surface area contributed by atoms with E-state index in [2.05, 4.69) is 25.8 Å². The molecule has 1 atom stereocenters. The number of aromatic nitrogens is 1. The Morgan fingerprint density at radius 3 is 2.46 bits per heavy atom. The minimum Gasteiger partial charge on any atom is -0.383 e. The van der Waals surface area contributed by atoms with Crippen molar-refractivity contribution in [2.45, 2.75) is 26.8 Å². The van der Waals surface area contributed by atoms with Gasteiger partial charge in [0.25, 0.3) is 0 Å². The maximum Gasteiger partial charge on any atom is 0.128 e. The van der Waals surface area contributed by atoms with Crippen molar-refractivity contribution in [3.63, 3.8) is 0 Å². The second-order valence-electron chi connectivity index (χ2n) is 4.32. The Hall–Kier alpha value is -1.09. The van der Waals surface area contributed by atoms with Gasteiger partial charge in [-0.2, -0.15) is 0 Å². The molecule has 0 bridgehead atoms. The molecule has 4 N–H and O–H groups in total. The van der Waals surface area contributed by atoms with Gasteiger partial charge in [0, 0.05) is 17.8 Å². The summed E-state index contributed by atoms with van der Waals surface area (Å²) in [5.74, 6) is 0.532. The summed E-state index contributed by atoms with van der Waals surface area (Å²) < 4.78 is 0. The van der Waals surface area contributed by atoms with E-state index in [9.17, 15) is 0 Å². The predicted molar refractivity (Wildman–Crippen MR) is 55.0 cm³/mol. The smallest absolute Gasteiger partial charge is 0.128 e. The molecule has 3 nitrogen and oxygen atoms in total. The van der Waals surface area contributed by atoms with Crippen molar-refractivity contribution >= 4 is 5.82 Å². The molecule has 0 aliphatic carbocycles. The highest BCUT2D eigenvalue weighted by Gasteiger charge is 2.23. The minimum absolute atomic E-state index is 0.0111. The average molecular weight is 179 g/mol. The summed E-state index contributed by atoms with van der Waals surface area (Å²) in [4.78, 5) is 4.01. The van der Waals surface area contributed by atoms with E-state index < -0.39 is 0 Å². The number of rotatable bonds is 1. The first-order valence-electron chi connectivity index (χ1n) is 4.39. The third-order valence-electron chi connectivity index (χ3n) is 2.14. The van der Waals surface area contributed by atoms with E-state index in [1.807, 2.05) is 12.1 Å². The van der Waals surface area contributed by atoms with Gasteiger partial charge in [-0.05, 0) is 11.5 Å². The Balaban J connectivity index is 3.02. The maximum absolute atomic E-state index is 6.05. The second kappa shape index (κ2) is 3.34. The number of hydrogen-bond acceptors (Lipinski definition) is 3. The monoisotopic (exact) mass is 179 g/mol. The summed E-state index contributed by atoms with van der Waals surface area (Å²) in [6.45, 7) is 6.26. The van der Waals surface area contributed by atoms with Crippen LogP contribution in [0.2, 0.25) is 0 Å². The fraction of sp³-hybridized carbons (Fsp3) is 0.500. The van der Waals surface area contributed by atoms with Crippen LogP contribution in [0.3, 0.4) is 0 Å². The van der Waals surface area contributed by atoms with Gasteiger partial charge in [-0.25, -0.2) is 4.98 Å². The number of nitrogens with zero attached hydrogens (tertiary/aromatic N) is 1. The zero-order chi connectivity index (χ0) is 10.1. The highest BCUT2D eigenvalue weighted by Crippen LogP contribution is 2.32. The van der Waals surface area contributed by atoms with Crippen molar-refractivity contribution in [1.29, 1.82) is 0 Å². The van der Waals surface area contributed by atoms with Crippen LogP contribution in [0, 0.1) is 5.41 Å². The van der Waals surface area contributed by atoms with Gasteiger partial charge < -0.3 is 11.5 Å². The summed E-state index contributed by atoms with van der Waals surface area (Å²) in [5.41, 5.74) is 12.7. The number of pyridine rings is 1. The van der Waals surface area contributed by atoms with Crippen molar-refractivity contribution in [3.8, 4) is 0 Å². The first-order chi connectivity index (χ1) is 5.93. The summed E-state index contributed by atoms with van der Waals surface area (Å²) in [6, 6.07) is 3.72. The molecular weight excluding hydrogens is 162 g/mol. The topological polar surface area (TPSA) is 64.9 Å². The van der Waals surface area contributed by atoms with Crippen molar-refractivity contribution in [3.05, 3.63) is 23.9 Å². The molecule has 1 unspecified atom stereocenters. The molecule has 0 aromatic carbocycles. The van der Waals surface area contributed by atoms with Crippen LogP contribution < -0.4 is 11.5 Å². The van der Waals surface area contributed by atoms with Crippen LogP contribution in [0.5, 0.6) is 0 Å². The molecule has 0 amide bonds. The Bertz CT molecular complexity index is 288. The van der Waals surface area contributed by atoms with Gasteiger partial charge in [0.15, 0.2) is 0 Å². The molecule has 0 aliphatic rings. The quantitative estimate of drug-likeness (QED) is 0.689. The molecule has 1 aromatic rings. The molecule has 0 spiro atoms. The Kier molecular flexibility index (Phi) is 2.57. The SMILES string of the molecule is CC(C)(C)C(N)c1cccnc1N. The number of nitrogens with two attached hydrogens (primary N) is 2. The Morgan fingerprint density at radius 1 is 1.38 bits per heavy atom. The van der Waals surface area contributed by atoms with Crippen LogP contribution in [-0.2, 0) is 0 Å². The lowest BCUT2D eigenvalue weighted by Crippen LogP contribution is -2.27. The average Bonchev–Trinajstić information content (AvgIpc) is 2.02. The number of nitrogen functional groups attached to an aromatic ring is 1. The molecule has 0 saturated heterocycles. The van der Waals surface area contributed by atoms with E-state index in [-0.39, 0.29) is 11.5 Å². The molecular formula is C10H17N3. The summed E-state index contributed by atoms with van der Waals surface area (Å²) >= 11 is 0. The molecule has 0 radical (unpaired) electrons. The van der Waals surface area contributed by atoms with Crippen LogP contribution in [0.4, 0.5) is 5.82 Å². The first-order valence-corrected chi connectivity index (χ1v) is 4.39. The Labute approximate surface area is 79.2 Å². The van der Waals surface area contributed by atoms with Crippen molar-refractivity contribution in [2.75, 3.05) is 5.73 Å². The normalized spacial score (nSPS) is 14.2. The number of hydrogen-bond donors (Lipinski definition) is 2. The van der Waals surface area contributed by atoms with Crippen molar-refractivity contribution in [2.24, 2.45) is 11.1 Å². The number of anilines is 1. The van der Waals surface area contributed by atoms with Gasteiger partial charge in [-0.15, -0.1) is 0 Å². The zero-order valence-electron chi connectivity index (χ0n) is 8.41. The van der Waals surface area contributed by atoms with Gasteiger partial charge >= 0.3 is 0 Å². The van der Waals surface area contributed by atoms with Crippen molar-refractivity contribution in [1.82, 2.24) is 4.98 Å². The van der Waals surface area contributed by atoms with Crippen molar-refractivity contribution < 1.29 is 0 Å². The van der Waals surface area contributed by atoms with E-state index in [4.69, 9.17) is 11.5 Å². The summed E-state index contributed by atoms with van der Waals surface area (Å²) in [7, 11) is 0. The standard InChI is InChI=1S/C10H17N3/c1-10(2,3)8(11)7-5-4-6-13-9(7)12/h4-6,8H,11H2,1-3H3,(H2,12,13). The van der Waals surface area contributed by atoms with Crippen LogP contribution in [-0.4, -0.2) is 4.98 Å². The highest BCUT2D eigenvalue weighted by molar-refractivity contribution is 5.41. The van der Waals surface area contributed by atoms with Crippen LogP contribution in [0.1, 0.15) is 32.4 Å². The fourth-order valence-corrected chi connectivity index (χ4v) is 1.16. The second-order valence-corrected chi connectivity index (χ2v) is 4.32. The zero-order valence-corrected chi connectivity index (χ0v) is 8.41. The van der Waals surface area contributed by atoms with Crippen LogP contribution in [0.25, 0.3) is 0 Å². The molecule has 0 aliphatic heterocycles. The maximum atomic E-state index is 6.05. The van der Waals surface area contributed by atoms with E-state index >= 15 is 0 Å². The summed E-state index contributed by atoms with van der Waals surface area (Å²) in [5, 5.41) is 0. The van der Waals surface area contributed by atoms with Gasteiger partial charge in [-0.3, -0.25) is 0 Å². The molecule has 0 saturated carbocycles. The Morgan fingerprint density at radius 2 is 2.00 bits per heavy atom. The molecule has 1 aromatic heterocycles.